The molecule has 2 unspecified atom stereocenters. The number of rotatable bonds is 9. The van der Waals surface area contributed by atoms with Gasteiger partial charge in [0, 0.05) is 29.2 Å². The van der Waals surface area contributed by atoms with Crippen LogP contribution in [0, 0.1) is 0 Å². The molecule has 1 amide bonds. The van der Waals surface area contributed by atoms with Gasteiger partial charge in [-0.25, -0.2) is 9.97 Å². The van der Waals surface area contributed by atoms with Gasteiger partial charge in [-0.3, -0.25) is 4.79 Å². The van der Waals surface area contributed by atoms with Crippen molar-refractivity contribution in [2.45, 2.75) is 38.1 Å². The molecule has 0 bridgehead atoms. The lowest BCUT2D eigenvalue weighted by molar-refractivity contribution is -0.137. The van der Waals surface area contributed by atoms with Crippen LogP contribution in [0.15, 0.2) is 67.0 Å². The van der Waals surface area contributed by atoms with Gasteiger partial charge in [-0.2, -0.15) is 13.2 Å². The summed E-state index contributed by atoms with van der Waals surface area (Å²) in [6, 6.07) is 15.5. The summed E-state index contributed by atoms with van der Waals surface area (Å²) >= 11 is 0. The molecule has 0 aliphatic carbocycles. The smallest absolute Gasteiger partial charge is 0.416 e. The Labute approximate surface area is 241 Å². The number of nitrogens with one attached hydrogen (secondary N) is 2. The third-order valence-corrected chi connectivity index (χ3v) is 7.09. The van der Waals surface area contributed by atoms with Crippen LogP contribution in [-0.4, -0.2) is 54.9 Å². The highest BCUT2D eigenvalue weighted by atomic mass is 19.4. The summed E-state index contributed by atoms with van der Waals surface area (Å²) in [7, 11) is 1.59. The highest BCUT2D eigenvalue weighted by molar-refractivity contribution is 5.95. The van der Waals surface area contributed by atoms with E-state index in [-0.39, 0.29) is 24.5 Å². The summed E-state index contributed by atoms with van der Waals surface area (Å²) < 4.78 is 56.1. The zero-order valence-corrected chi connectivity index (χ0v) is 23.2. The minimum Gasteiger partial charge on any atom is -0.493 e. The summed E-state index contributed by atoms with van der Waals surface area (Å²) in [5, 5.41) is 7.02. The molecule has 1 aliphatic rings. The van der Waals surface area contributed by atoms with Crippen molar-refractivity contribution in [3.63, 3.8) is 0 Å². The molecule has 11 heteroatoms. The lowest BCUT2D eigenvalue weighted by atomic mass is 10.0. The summed E-state index contributed by atoms with van der Waals surface area (Å²) in [6.07, 6.45) is -2.35. The highest BCUT2D eigenvalue weighted by Gasteiger charge is 2.30. The molecule has 8 nitrogen and oxygen atoms in total. The van der Waals surface area contributed by atoms with Crippen molar-refractivity contribution in [1.29, 1.82) is 0 Å². The molecular weight excluding hydrogens is 549 g/mol. The van der Waals surface area contributed by atoms with Gasteiger partial charge >= 0.3 is 6.18 Å². The van der Waals surface area contributed by atoms with Crippen LogP contribution in [0.25, 0.3) is 22.2 Å². The Morgan fingerprint density at radius 1 is 1.10 bits per heavy atom. The van der Waals surface area contributed by atoms with Crippen molar-refractivity contribution in [2.24, 2.45) is 0 Å². The fraction of sp³-hybridized carbons (Fsp3) is 0.323. The van der Waals surface area contributed by atoms with Gasteiger partial charge in [-0.05, 0) is 42.3 Å². The minimum atomic E-state index is -4.42. The third kappa shape index (κ3) is 6.80. The van der Waals surface area contributed by atoms with Crippen LogP contribution < -0.4 is 20.1 Å². The van der Waals surface area contributed by atoms with Crippen molar-refractivity contribution < 1.29 is 32.2 Å². The second-order valence-electron chi connectivity index (χ2n) is 9.94. The number of hydrogen-bond acceptors (Lipinski definition) is 7. The number of benzene rings is 3. The number of carbonyl (C=O) groups excluding carboxylic acids is 1. The lowest BCUT2D eigenvalue weighted by Gasteiger charge is -2.31. The molecule has 1 aromatic heterocycles. The first-order valence-corrected chi connectivity index (χ1v) is 13.6. The molecule has 1 saturated heterocycles. The largest absolute Gasteiger partial charge is 0.493 e. The quantitative estimate of drug-likeness (QED) is 0.264. The molecule has 220 valence electrons. The average molecular weight is 581 g/mol. The van der Waals surface area contributed by atoms with E-state index in [4.69, 9.17) is 14.2 Å². The number of aromatic nitrogens is 2. The molecule has 4 aromatic rings. The van der Waals surface area contributed by atoms with Crippen molar-refractivity contribution in [1.82, 2.24) is 15.3 Å². The molecule has 1 aliphatic heterocycles. The van der Waals surface area contributed by atoms with E-state index in [0.717, 1.165) is 36.0 Å². The minimum absolute atomic E-state index is 0.0533. The van der Waals surface area contributed by atoms with Gasteiger partial charge in [0.05, 0.1) is 49.6 Å². The first-order valence-electron chi connectivity index (χ1n) is 13.6. The molecule has 2 heterocycles. The van der Waals surface area contributed by atoms with Gasteiger partial charge in [0.25, 0.3) is 0 Å². The summed E-state index contributed by atoms with van der Waals surface area (Å²) in [5.74, 6) is 0.799. The average Bonchev–Trinajstić information content (AvgIpc) is 2.99. The predicted octanol–water partition coefficient (Wildman–Crippen LogP) is 5.65. The Bertz CT molecular complexity index is 1520. The standard InChI is InChI=1S/C31H31F3N4O4/c1-3-26(25-17-41-13-12-35-25)42-28-15-23-24(16-27(28)40-2)36-18-37-30(23)20-6-10-22(11-7-20)38-29(39)14-19-4-8-21(9-5-19)31(32,33)34/h4-11,15-16,18,25-26,35H,3,12-14,17H2,1-2H3,(H,38,39). The Morgan fingerprint density at radius 2 is 1.86 bits per heavy atom. The molecule has 2 N–H and O–H groups in total. The van der Waals surface area contributed by atoms with Crippen molar-refractivity contribution in [3.05, 3.63) is 78.1 Å². The number of hydrogen-bond donors (Lipinski definition) is 2. The second kappa shape index (κ2) is 12.7. The summed E-state index contributed by atoms with van der Waals surface area (Å²) in [6.45, 7) is 4.07. The van der Waals surface area contributed by atoms with Crippen molar-refractivity contribution in [3.8, 4) is 22.8 Å². The van der Waals surface area contributed by atoms with Crippen LogP contribution in [0.2, 0.25) is 0 Å². The van der Waals surface area contributed by atoms with E-state index in [1.165, 1.54) is 18.5 Å². The molecule has 42 heavy (non-hydrogen) atoms. The summed E-state index contributed by atoms with van der Waals surface area (Å²) in [4.78, 5) is 21.5. The van der Waals surface area contributed by atoms with E-state index in [1.54, 1.807) is 19.2 Å². The van der Waals surface area contributed by atoms with Gasteiger partial charge in [-0.1, -0.05) is 31.2 Å². The molecule has 0 spiro atoms. The van der Waals surface area contributed by atoms with Crippen LogP contribution in [0.5, 0.6) is 11.5 Å². The van der Waals surface area contributed by atoms with E-state index in [2.05, 4.69) is 27.5 Å². The van der Waals surface area contributed by atoms with Crippen LogP contribution in [0.4, 0.5) is 18.9 Å². The summed E-state index contributed by atoms with van der Waals surface area (Å²) in [5.41, 5.74) is 2.45. The Kier molecular flexibility index (Phi) is 8.89. The number of carbonyl (C=O) groups is 1. The SMILES string of the molecule is CCC(Oc1cc2c(-c3ccc(NC(=O)Cc4ccc(C(F)(F)F)cc4)cc3)ncnc2cc1OC)C1COCCN1. The maximum atomic E-state index is 12.8. The number of methoxy groups -OCH3 is 1. The first-order chi connectivity index (χ1) is 20.2. The van der Waals surface area contributed by atoms with E-state index in [0.29, 0.717) is 47.2 Å². The number of nitrogens with zero attached hydrogens (tertiary/aromatic N) is 2. The molecule has 5 rings (SSSR count). The molecule has 0 radical (unpaired) electrons. The van der Waals surface area contributed by atoms with Gasteiger partial charge < -0.3 is 24.8 Å². The number of amides is 1. The number of anilines is 1. The Hall–Kier alpha value is -4.22. The Morgan fingerprint density at radius 3 is 2.50 bits per heavy atom. The van der Waals surface area contributed by atoms with Crippen LogP contribution in [-0.2, 0) is 22.1 Å². The predicted molar refractivity (Wildman–Crippen MR) is 153 cm³/mol. The molecule has 0 saturated carbocycles. The maximum Gasteiger partial charge on any atom is 0.416 e. The van der Waals surface area contributed by atoms with E-state index in [1.807, 2.05) is 24.3 Å². The van der Waals surface area contributed by atoms with Gasteiger partial charge in [0.1, 0.15) is 12.4 Å². The Balaban J connectivity index is 1.33. The lowest BCUT2D eigenvalue weighted by Crippen LogP contribution is -2.50. The monoisotopic (exact) mass is 580 g/mol. The van der Waals surface area contributed by atoms with Crippen molar-refractivity contribution in [2.75, 3.05) is 32.2 Å². The normalized spacial score (nSPS) is 16.2. The number of ether oxygens (including phenoxy) is 3. The molecule has 2 atom stereocenters. The highest BCUT2D eigenvalue weighted by Crippen LogP contribution is 2.37. The van der Waals surface area contributed by atoms with E-state index >= 15 is 0 Å². The van der Waals surface area contributed by atoms with Crippen LogP contribution in [0.3, 0.4) is 0 Å². The zero-order chi connectivity index (χ0) is 29.7. The fourth-order valence-electron chi connectivity index (χ4n) is 4.90. The molecule has 1 fully saturated rings. The van der Waals surface area contributed by atoms with Crippen molar-refractivity contribution >= 4 is 22.5 Å². The topological polar surface area (TPSA) is 94.6 Å². The zero-order valence-electron chi connectivity index (χ0n) is 23.2. The number of alkyl halides is 3. The molecule has 3 aromatic carbocycles. The van der Waals surface area contributed by atoms with Gasteiger partial charge in [0.2, 0.25) is 5.91 Å². The second-order valence-corrected chi connectivity index (χ2v) is 9.94. The van der Waals surface area contributed by atoms with Crippen LogP contribution >= 0.6 is 0 Å². The van der Waals surface area contributed by atoms with E-state index < -0.39 is 11.7 Å². The van der Waals surface area contributed by atoms with Gasteiger partial charge in [0.15, 0.2) is 11.5 Å². The first kappa shape index (κ1) is 29.3. The fourth-order valence-corrected chi connectivity index (χ4v) is 4.90. The molecular formula is C31H31F3N4O4. The van der Waals surface area contributed by atoms with E-state index in [9.17, 15) is 18.0 Å². The third-order valence-electron chi connectivity index (χ3n) is 7.09. The number of fused-ring (bicyclic) bond motifs is 1. The number of morpholine rings is 1. The van der Waals surface area contributed by atoms with Crippen LogP contribution in [0.1, 0.15) is 24.5 Å². The number of halogens is 3. The maximum absolute atomic E-state index is 12.8. The van der Waals surface area contributed by atoms with Gasteiger partial charge in [-0.15, -0.1) is 0 Å².